The van der Waals surface area contributed by atoms with Crippen LogP contribution < -0.4 is 0 Å². The molecule has 1 aromatic heterocycles. The molecule has 1 heterocycles. The molecule has 9 rings (SSSR count). The average Bonchev–Trinajstić information content (AvgIpc) is 3.50. The van der Waals surface area contributed by atoms with Crippen LogP contribution in [-0.2, 0) is 0 Å². The van der Waals surface area contributed by atoms with Gasteiger partial charge >= 0.3 is 0 Å². The predicted octanol–water partition coefficient (Wildman–Crippen LogP) is 11.8. The highest BCUT2D eigenvalue weighted by Gasteiger charge is 2.20. The van der Waals surface area contributed by atoms with Crippen LogP contribution in [0.25, 0.3) is 82.4 Å². The van der Waals surface area contributed by atoms with Crippen LogP contribution in [0.2, 0.25) is 0 Å². The van der Waals surface area contributed by atoms with Crippen molar-refractivity contribution in [3.63, 3.8) is 0 Å². The maximum Gasteiger partial charge on any atom is 0.101 e. The zero-order valence-electron chi connectivity index (χ0n) is 26.4. The lowest BCUT2D eigenvalue weighted by molar-refractivity contribution is 1.17. The maximum atomic E-state index is 10.4. The molecule has 0 atom stereocenters. The molecule has 0 unspecified atom stereocenters. The molecular weight excluding hydrogens is 595 g/mol. The minimum absolute atomic E-state index is 0.580. The second kappa shape index (κ2) is 11.4. The standard InChI is InChI=1S/C46H27N3/c47-28-30-22-25-43-41(26-30)35-15-10-11-21-42(35)49(43)44-27-32(23-24-33(44)29-48)34-14-4-5-16-36(34)46-39-19-8-6-17-37(39)45(31-12-2-1-3-13-31)38-18-7-9-20-40(38)46/h1-27H. The third-order valence-corrected chi connectivity index (χ3v) is 9.66. The van der Waals surface area contributed by atoms with Crippen molar-refractivity contribution < 1.29 is 0 Å². The van der Waals surface area contributed by atoms with E-state index < -0.39 is 0 Å². The lowest BCUT2D eigenvalue weighted by atomic mass is 9.84. The first-order valence-electron chi connectivity index (χ1n) is 16.3. The Balaban J connectivity index is 1.33. The van der Waals surface area contributed by atoms with Crippen molar-refractivity contribution in [2.24, 2.45) is 0 Å². The summed E-state index contributed by atoms with van der Waals surface area (Å²) in [6.45, 7) is 0. The van der Waals surface area contributed by atoms with E-state index in [0.717, 1.165) is 44.2 Å². The molecule has 0 saturated heterocycles. The van der Waals surface area contributed by atoms with Gasteiger partial charge in [0.05, 0.1) is 33.9 Å². The van der Waals surface area contributed by atoms with Crippen LogP contribution in [0.15, 0.2) is 164 Å². The number of nitriles is 2. The van der Waals surface area contributed by atoms with Crippen molar-refractivity contribution in [3.8, 4) is 51.2 Å². The van der Waals surface area contributed by atoms with E-state index in [0.29, 0.717) is 11.1 Å². The molecule has 3 heteroatoms. The first kappa shape index (κ1) is 28.3. The van der Waals surface area contributed by atoms with E-state index in [9.17, 15) is 10.5 Å². The number of para-hydroxylation sites is 1. The van der Waals surface area contributed by atoms with E-state index >= 15 is 0 Å². The maximum absolute atomic E-state index is 10.4. The van der Waals surface area contributed by atoms with Gasteiger partial charge in [0.15, 0.2) is 0 Å². The molecule has 0 radical (unpaired) electrons. The first-order valence-corrected chi connectivity index (χ1v) is 16.3. The fraction of sp³-hybridized carbons (Fsp3) is 0. The van der Waals surface area contributed by atoms with Gasteiger partial charge < -0.3 is 4.57 Å². The van der Waals surface area contributed by atoms with Gasteiger partial charge in [0.1, 0.15) is 6.07 Å². The highest BCUT2D eigenvalue weighted by atomic mass is 15.0. The highest BCUT2D eigenvalue weighted by molar-refractivity contribution is 6.22. The van der Waals surface area contributed by atoms with Gasteiger partial charge in [-0.15, -0.1) is 0 Å². The molecule has 3 nitrogen and oxygen atoms in total. The Labute approximate surface area is 283 Å². The fourth-order valence-electron chi connectivity index (χ4n) is 7.57. The van der Waals surface area contributed by atoms with Gasteiger partial charge in [-0.25, -0.2) is 0 Å². The lowest BCUT2D eigenvalue weighted by Gasteiger charge is -2.20. The van der Waals surface area contributed by atoms with Gasteiger partial charge in [0.25, 0.3) is 0 Å². The van der Waals surface area contributed by atoms with Gasteiger partial charge in [0, 0.05) is 10.8 Å². The summed E-state index contributed by atoms with van der Waals surface area (Å²) in [5.74, 6) is 0. The second-order valence-corrected chi connectivity index (χ2v) is 12.3. The molecule has 9 aromatic rings. The molecule has 0 amide bonds. The Hall–Kier alpha value is -6.94. The van der Waals surface area contributed by atoms with Crippen molar-refractivity contribution in [1.82, 2.24) is 4.57 Å². The van der Waals surface area contributed by atoms with Crippen molar-refractivity contribution >= 4 is 43.4 Å². The van der Waals surface area contributed by atoms with Gasteiger partial charge in [-0.1, -0.05) is 127 Å². The molecule has 0 spiro atoms. The Morgan fingerprint density at radius 2 is 0.959 bits per heavy atom. The average molecular weight is 622 g/mol. The Bertz CT molecular complexity index is 2790. The molecule has 0 bridgehead atoms. The molecule has 8 aromatic carbocycles. The van der Waals surface area contributed by atoms with E-state index in [-0.39, 0.29) is 0 Å². The molecule has 0 saturated carbocycles. The zero-order valence-corrected chi connectivity index (χ0v) is 26.4. The van der Waals surface area contributed by atoms with Crippen molar-refractivity contribution in [2.75, 3.05) is 0 Å². The largest absolute Gasteiger partial charge is 0.308 e. The molecule has 49 heavy (non-hydrogen) atoms. The topological polar surface area (TPSA) is 52.5 Å². The number of benzene rings is 8. The summed E-state index contributed by atoms with van der Waals surface area (Å²) in [6, 6.07) is 61.5. The quantitative estimate of drug-likeness (QED) is 0.184. The van der Waals surface area contributed by atoms with E-state index in [4.69, 9.17) is 0 Å². The van der Waals surface area contributed by atoms with Gasteiger partial charge in [0.2, 0.25) is 0 Å². The molecule has 226 valence electrons. The van der Waals surface area contributed by atoms with E-state index in [1.165, 1.54) is 38.2 Å². The summed E-state index contributed by atoms with van der Waals surface area (Å²) < 4.78 is 2.16. The van der Waals surface area contributed by atoms with Crippen LogP contribution in [0.4, 0.5) is 0 Å². The number of hydrogen-bond donors (Lipinski definition) is 0. The van der Waals surface area contributed by atoms with E-state index in [1.807, 2.05) is 36.4 Å². The number of nitrogens with zero attached hydrogens (tertiary/aromatic N) is 3. The van der Waals surface area contributed by atoms with Crippen molar-refractivity contribution in [3.05, 3.63) is 175 Å². The summed E-state index contributed by atoms with van der Waals surface area (Å²) in [5.41, 5.74) is 10.8. The number of rotatable bonds is 4. The summed E-state index contributed by atoms with van der Waals surface area (Å²) >= 11 is 0. The van der Waals surface area contributed by atoms with Crippen LogP contribution in [0.3, 0.4) is 0 Å². The van der Waals surface area contributed by atoms with Crippen LogP contribution in [0, 0.1) is 22.7 Å². The zero-order chi connectivity index (χ0) is 32.9. The van der Waals surface area contributed by atoms with Crippen LogP contribution in [0.5, 0.6) is 0 Å². The van der Waals surface area contributed by atoms with Gasteiger partial charge in [-0.2, -0.15) is 10.5 Å². The molecule has 0 aliphatic carbocycles. The first-order chi connectivity index (χ1) is 24.2. The minimum atomic E-state index is 0.580. The third kappa shape index (κ3) is 4.42. The molecule has 0 N–H and O–H groups in total. The third-order valence-electron chi connectivity index (χ3n) is 9.66. The molecule has 0 aliphatic heterocycles. The Kier molecular flexibility index (Phi) is 6.58. The number of fused-ring (bicyclic) bond motifs is 5. The van der Waals surface area contributed by atoms with E-state index in [2.05, 4.69) is 144 Å². The summed E-state index contributed by atoms with van der Waals surface area (Å²) in [4.78, 5) is 0. The lowest BCUT2D eigenvalue weighted by Crippen LogP contribution is -1.99. The van der Waals surface area contributed by atoms with Crippen LogP contribution in [-0.4, -0.2) is 4.57 Å². The second-order valence-electron chi connectivity index (χ2n) is 12.3. The summed E-state index contributed by atoms with van der Waals surface area (Å²) in [5, 5.41) is 26.9. The predicted molar refractivity (Wildman–Crippen MR) is 202 cm³/mol. The number of aromatic nitrogens is 1. The van der Waals surface area contributed by atoms with Gasteiger partial charge in [-0.05, 0) is 91.3 Å². The van der Waals surface area contributed by atoms with Crippen molar-refractivity contribution in [1.29, 1.82) is 10.5 Å². The van der Waals surface area contributed by atoms with Crippen molar-refractivity contribution in [2.45, 2.75) is 0 Å². The molecule has 0 fully saturated rings. The molecule has 0 aliphatic rings. The van der Waals surface area contributed by atoms with E-state index in [1.54, 1.807) is 0 Å². The normalized spacial score (nSPS) is 11.2. The van der Waals surface area contributed by atoms with Crippen LogP contribution >= 0.6 is 0 Å². The van der Waals surface area contributed by atoms with Crippen LogP contribution in [0.1, 0.15) is 11.1 Å². The minimum Gasteiger partial charge on any atom is -0.308 e. The van der Waals surface area contributed by atoms with Gasteiger partial charge in [-0.3, -0.25) is 0 Å². The smallest absolute Gasteiger partial charge is 0.101 e. The summed E-state index contributed by atoms with van der Waals surface area (Å²) in [6.07, 6.45) is 0. The highest BCUT2D eigenvalue weighted by Crippen LogP contribution is 2.46. The number of hydrogen-bond acceptors (Lipinski definition) is 2. The Morgan fingerprint density at radius 3 is 1.63 bits per heavy atom. The SMILES string of the molecule is N#Cc1ccc2c(c1)c1ccccc1n2-c1cc(-c2ccccc2-c2c3ccccc3c(-c3ccccc3)c3ccccc23)ccc1C#N. The summed E-state index contributed by atoms with van der Waals surface area (Å²) in [7, 11) is 0. The Morgan fingerprint density at radius 1 is 0.388 bits per heavy atom. The fourth-order valence-corrected chi connectivity index (χ4v) is 7.57. The molecular formula is C46H27N3. The monoisotopic (exact) mass is 621 g/mol.